The summed E-state index contributed by atoms with van der Waals surface area (Å²) in [6, 6.07) is 15.8. The molecule has 0 saturated carbocycles. The second-order valence-corrected chi connectivity index (χ2v) is 8.26. The molecule has 0 spiro atoms. The Morgan fingerprint density at radius 2 is 1.60 bits per heavy atom. The van der Waals surface area contributed by atoms with Crippen molar-refractivity contribution in [2.75, 3.05) is 4.90 Å². The Hall–Kier alpha value is -3.20. The zero-order valence-corrected chi connectivity index (χ0v) is 18.4. The Morgan fingerprint density at radius 3 is 2.27 bits per heavy atom. The Kier molecular flexibility index (Phi) is 5.29. The minimum absolute atomic E-state index is 0.169. The minimum Gasteiger partial charge on any atom is -0.457 e. The largest absolute Gasteiger partial charge is 0.457 e. The van der Waals surface area contributed by atoms with E-state index in [0.29, 0.717) is 17.2 Å². The summed E-state index contributed by atoms with van der Waals surface area (Å²) >= 11 is 2.22. The summed E-state index contributed by atoms with van der Waals surface area (Å²) in [4.78, 5) is 38.7. The van der Waals surface area contributed by atoms with Gasteiger partial charge in [-0.15, -0.1) is 0 Å². The zero-order valence-electron chi connectivity index (χ0n) is 16.2. The normalized spacial score (nSPS) is 15.6. The van der Waals surface area contributed by atoms with Gasteiger partial charge in [0.15, 0.2) is 0 Å². The molecule has 0 bridgehead atoms. The molecule has 2 heterocycles. The average Bonchev–Trinajstić information content (AvgIpc) is 3.13. The van der Waals surface area contributed by atoms with E-state index in [4.69, 9.17) is 4.42 Å². The van der Waals surface area contributed by atoms with Crippen molar-refractivity contribution in [1.82, 2.24) is 5.32 Å². The van der Waals surface area contributed by atoms with Crippen LogP contribution in [0.2, 0.25) is 0 Å². The highest BCUT2D eigenvalue weighted by Gasteiger charge is 2.37. The molecule has 6 nitrogen and oxygen atoms in total. The fourth-order valence-corrected chi connectivity index (χ4v) is 3.67. The number of aryl methyl sites for hydroxylation is 2. The van der Waals surface area contributed by atoms with Crippen LogP contribution < -0.4 is 10.2 Å². The van der Waals surface area contributed by atoms with Gasteiger partial charge in [0.2, 0.25) is 0 Å². The van der Waals surface area contributed by atoms with Gasteiger partial charge in [-0.25, -0.2) is 9.69 Å². The maximum absolute atomic E-state index is 13.0. The number of rotatable bonds is 3. The number of amides is 4. The first-order chi connectivity index (χ1) is 14.3. The molecule has 1 saturated heterocycles. The van der Waals surface area contributed by atoms with Crippen LogP contribution in [0.3, 0.4) is 0 Å². The van der Waals surface area contributed by atoms with Crippen LogP contribution in [0.25, 0.3) is 17.4 Å². The molecule has 1 aliphatic heterocycles. The summed E-state index contributed by atoms with van der Waals surface area (Å²) < 4.78 is 6.90. The third kappa shape index (κ3) is 3.93. The van der Waals surface area contributed by atoms with Crippen LogP contribution in [0.15, 0.2) is 64.6 Å². The van der Waals surface area contributed by atoms with Crippen molar-refractivity contribution in [1.29, 1.82) is 0 Å². The average molecular weight is 512 g/mol. The molecule has 1 N–H and O–H groups in total. The van der Waals surface area contributed by atoms with Crippen LogP contribution in [0.4, 0.5) is 10.5 Å². The number of imide groups is 2. The van der Waals surface area contributed by atoms with Crippen molar-refractivity contribution >= 4 is 52.2 Å². The van der Waals surface area contributed by atoms with Gasteiger partial charge in [-0.2, -0.15) is 0 Å². The molecule has 0 radical (unpaired) electrons. The van der Waals surface area contributed by atoms with Crippen LogP contribution in [0.1, 0.15) is 16.9 Å². The van der Waals surface area contributed by atoms with E-state index >= 15 is 0 Å². The van der Waals surface area contributed by atoms with Gasteiger partial charge in [-0.05, 0) is 90.0 Å². The van der Waals surface area contributed by atoms with E-state index in [0.717, 1.165) is 25.2 Å². The Bertz CT molecular complexity index is 1190. The maximum atomic E-state index is 13.0. The number of benzene rings is 2. The van der Waals surface area contributed by atoms with Gasteiger partial charge in [-0.1, -0.05) is 18.2 Å². The van der Waals surface area contributed by atoms with Gasteiger partial charge < -0.3 is 4.42 Å². The van der Waals surface area contributed by atoms with E-state index in [1.54, 1.807) is 24.3 Å². The Balaban J connectivity index is 1.68. The first kappa shape index (κ1) is 20.1. The SMILES string of the molecule is Cc1cc(C)cc(N2C(=O)NC(=O)/C(=C\c3ccc(-c4ccc(I)cc4)o3)C2=O)c1. The highest BCUT2D eigenvalue weighted by molar-refractivity contribution is 14.1. The molecule has 0 aliphatic carbocycles. The number of nitrogens with zero attached hydrogens (tertiary/aromatic N) is 1. The number of halogens is 1. The second kappa shape index (κ2) is 7.91. The van der Waals surface area contributed by atoms with Gasteiger partial charge in [0.25, 0.3) is 11.8 Å². The standard InChI is InChI=1S/C23H17IN2O4/c1-13-9-14(2)11-17(10-13)26-22(28)19(21(27)25-23(26)29)12-18-7-8-20(30-18)15-3-5-16(24)6-4-15/h3-12H,1-2H3,(H,25,27,29)/b19-12+. The van der Waals surface area contributed by atoms with E-state index in [2.05, 4.69) is 27.9 Å². The number of carbonyl (C=O) groups excluding carboxylic acids is 3. The van der Waals surface area contributed by atoms with Gasteiger partial charge in [0, 0.05) is 9.13 Å². The number of barbiturate groups is 1. The van der Waals surface area contributed by atoms with E-state index in [1.165, 1.54) is 6.08 Å². The lowest BCUT2D eigenvalue weighted by molar-refractivity contribution is -0.122. The lowest BCUT2D eigenvalue weighted by Gasteiger charge is -2.26. The highest BCUT2D eigenvalue weighted by Crippen LogP contribution is 2.27. The molecule has 4 rings (SSSR count). The van der Waals surface area contributed by atoms with Crippen LogP contribution in [-0.2, 0) is 9.59 Å². The summed E-state index contributed by atoms with van der Waals surface area (Å²) in [7, 11) is 0. The maximum Gasteiger partial charge on any atom is 0.335 e. The molecule has 1 aliphatic rings. The van der Waals surface area contributed by atoms with Crippen molar-refractivity contribution in [3.8, 4) is 11.3 Å². The van der Waals surface area contributed by atoms with Gasteiger partial charge >= 0.3 is 6.03 Å². The molecule has 150 valence electrons. The van der Waals surface area contributed by atoms with E-state index in [9.17, 15) is 14.4 Å². The molecular weight excluding hydrogens is 495 g/mol. The van der Waals surface area contributed by atoms with Gasteiger partial charge in [0.05, 0.1) is 5.69 Å². The fraction of sp³-hybridized carbons (Fsp3) is 0.0870. The molecule has 4 amide bonds. The summed E-state index contributed by atoms with van der Waals surface area (Å²) in [5.41, 5.74) is 2.93. The number of furan rings is 1. The highest BCUT2D eigenvalue weighted by atomic mass is 127. The number of nitrogens with one attached hydrogen (secondary N) is 1. The van der Waals surface area contributed by atoms with E-state index in [1.807, 2.05) is 44.2 Å². The zero-order chi connectivity index (χ0) is 21.4. The van der Waals surface area contributed by atoms with Crippen molar-refractivity contribution in [3.05, 3.63) is 80.6 Å². The summed E-state index contributed by atoms with van der Waals surface area (Å²) in [5, 5.41) is 2.23. The van der Waals surface area contributed by atoms with Crippen molar-refractivity contribution < 1.29 is 18.8 Å². The lowest BCUT2D eigenvalue weighted by atomic mass is 10.1. The van der Waals surface area contributed by atoms with Crippen molar-refractivity contribution in [3.63, 3.8) is 0 Å². The lowest BCUT2D eigenvalue weighted by Crippen LogP contribution is -2.54. The first-order valence-electron chi connectivity index (χ1n) is 9.17. The van der Waals surface area contributed by atoms with Gasteiger partial charge in [0.1, 0.15) is 17.1 Å². The predicted octanol–water partition coefficient (Wildman–Crippen LogP) is 4.83. The number of urea groups is 1. The number of hydrogen-bond acceptors (Lipinski definition) is 4. The molecule has 30 heavy (non-hydrogen) atoms. The monoisotopic (exact) mass is 512 g/mol. The molecule has 1 fully saturated rings. The molecule has 0 atom stereocenters. The minimum atomic E-state index is -0.772. The number of anilines is 1. The van der Waals surface area contributed by atoms with E-state index in [-0.39, 0.29) is 5.57 Å². The molecular formula is C23H17IN2O4. The van der Waals surface area contributed by atoms with Crippen LogP contribution >= 0.6 is 22.6 Å². The van der Waals surface area contributed by atoms with Crippen molar-refractivity contribution in [2.24, 2.45) is 0 Å². The van der Waals surface area contributed by atoms with Crippen LogP contribution in [0.5, 0.6) is 0 Å². The summed E-state index contributed by atoms with van der Waals surface area (Å²) in [5.74, 6) is -0.486. The first-order valence-corrected chi connectivity index (χ1v) is 10.3. The Labute approximate surface area is 186 Å². The van der Waals surface area contributed by atoms with Crippen molar-refractivity contribution in [2.45, 2.75) is 13.8 Å². The molecule has 7 heteroatoms. The van der Waals surface area contributed by atoms with Crippen LogP contribution in [0, 0.1) is 17.4 Å². The van der Waals surface area contributed by atoms with Crippen LogP contribution in [-0.4, -0.2) is 17.8 Å². The Morgan fingerprint density at radius 1 is 0.933 bits per heavy atom. The third-order valence-corrected chi connectivity index (χ3v) is 5.33. The summed E-state index contributed by atoms with van der Waals surface area (Å²) in [6.07, 6.45) is 1.36. The predicted molar refractivity (Wildman–Crippen MR) is 122 cm³/mol. The number of hydrogen-bond donors (Lipinski definition) is 1. The fourth-order valence-electron chi connectivity index (χ4n) is 3.31. The van der Waals surface area contributed by atoms with E-state index < -0.39 is 17.8 Å². The second-order valence-electron chi connectivity index (χ2n) is 7.01. The molecule has 1 aromatic heterocycles. The molecule has 3 aromatic rings. The molecule has 0 unspecified atom stereocenters. The molecule has 2 aromatic carbocycles. The quantitative estimate of drug-likeness (QED) is 0.310. The third-order valence-electron chi connectivity index (χ3n) is 4.61. The van der Waals surface area contributed by atoms with Gasteiger partial charge in [-0.3, -0.25) is 14.9 Å². The topological polar surface area (TPSA) is 79.6 Å². The number of carbonyl (C=O) groups is 3. The summed E-state index contributed by atoms with van der Waals surface area (Å²) in [6.45, 7) is 3.75. The smallest absolute Gasteiger partial charge is 0.335 e.